The monoisotopic (exact) mass is 452 g/mol. The topological polar surface area (TPSA) is 79.3 Å². The highest BCUT2D eigenvalue weighted by atomic mass is 16.5. The van der Waals surface area contributed by atoms with Crippen LogP contribution in [0.2, 0.25) is 0 Å². The molecule has 2 aromatic rings. The van der Waals surface area contributed by atoms with Crippen molar-refractivity contribution in [3.05, 3.63) is 65.2 Å². The first-order chi connectivity index (χ1) is 15.7. The van der Waals surface area contributed by atoms with Crippen LogP contribution in [-0.2, 0) is 9.59 Å². The molecule has 1 N–H and O–H groups in total. The number of ketones is 1. The van der Waals surface area contributed by atoms with E-state index in [0.717, 1.165) is 5.56 Å². The van der Waals surface area contributed by atoms with Gasteiger partial charge in [0.2, 0.25) is 0 Å². The minimum atomic E-state index is -0.700. The Morgan fingerprint density at radius 2 is 1.79 bits per heavy atom. The number of carbonyl (C=O) groups excluding carboxylic acids is 2. The maximum atomic E-state index is 13.1. The van der Waals surface area contributed by atoms with Gasteiger partial charge < -0.3 is 24.4 Å². The molecule has 0 aromatic heterocycles. The van der Waals surface area contributed by atoms with Gasteiger partial charge in [-0.05, 0) is 64.7 Å². The van der Waals surface area contributed by atoms with Crippen LogP contribution in [-0.4, -0.2) is 66.5 Å². The fourth-order valence-corrected chi connectivity index (χ4v) is 3.82. The zero-order valence-corrected chi connectivity index (χ0v) is 19.9. The van der Waals surface area contributed by atoms with Crippen LogP contribution >= 0.6 is 0 Å². The lowest BCUT2D eigenvalue weighted by molar-refractivity contribution is -0.140. The molecule has 7 nitrogen and oxygen atoms in total. The van der Waals surface area contributed by atoms with E-state index in [1.54, 1.807) is 24.3 Å². The van der Waals surface area contributed by atoms with Gasteiger partial charge in [-0.15, -0.1) is 0 Å². The molecule has 1 amide bonds. The number of carbonyl (C=O) groups is 2. The first-order valence-corrected chi connectivity index (χ1v) is 11.2. The van der Waals surface area contributed by atoms with Gasteiger partial charge in [-0.25, -0.2) is 0 Å². The number of rotatable bonds is 9. The highest BCUT2D eigenvalue weighted by Gasteiger charge is 2.45. The minimum absolute atomic E-state index is 0.0270. The summed E-state index contributed by atoms with van der Waals surface area (Å²) in [5.41, 5.74) is 1.23. The molecule has 1 saturated heterocycles. The van der Waals surface area contributed by atoms with E-state index in [9.17, 15) is 14.7 Å². The minimum Gasteiger partial charge on any atom is -0.507 e. The first kappa shape index (κ1) is 24.3. The van der Waals surface area contributed by atoms with E-state index in [4.69, 9.17) is 9.47 Å². The predicted octanol–water partition coefficient (Wildman–Crippen LogP) is 3.86. The summed E-state index contributed by atoms with van der Waals surface area (Å²) in [4.78, 5) is 29.6. The SMILES string of the molecule is CCOc1cccc(/C(O)=C2/C(=O)C(=O)N(CCN(C)C)C2c2ccc(OC(C)C)cc2)c1. The number of aliphatic hydroxyl groups excluding tert-OH is 1. The van der Waals surface area contributed by atoms with Gasteiger partial charge in [-0.3, -0.25) is 9.59 Å². The van der Waals surface area contributed by atoms with Crippen molar-refractivity contribution in [1.82, 2.24) is 9.80 Å². The zero-order valence-electron chi connectivity index (χ0n) is 19.9. The van der Waals surface area contributed by atoms with Crippen LogP contribution in [0.1, 0.15) is 37.9 Å². The molecule has 0 radical (unpaired) electrons. The fourth-order valence-electron chi connectivity index (χ4n) is 3.82. The van der Waals surface area contributed by atoms with Gasteiger partial charge in [0.1, 0.15) is 17.3 Å². The molecule has 1 fully saturated rings. The molecule has 176 valence electrons. The predicted molar refractivity (Wildman–Crippen MR) is 127 cm³/mol. The number of nitrogens with zero attached hydrogens (tertiary/aromatic N) is 2. The highest BCUT2D eigenvalue weighted by Crippen LogP contribution is 2.40. The summed E-state index contributed by atoms with van der Waals surface area (Å²) in [5.74, 6) is -0.249. The van der Waals surface area contributed by atoms with Gasteiger partial charge in [-0.1, -0.05) is 24.3 Å². The average molecular weight is 453 g/mol. The summed E-state index contributed by atoms with van der Waals surface area (Å²) in [6, 6.07) is 13.5. The van der Waals surface area contributed by atoms with E-state index in [1.807, 2.05) is 64.0 Å². The zero-order chi connectivity index (χ0) is 24.1. The van der Waals surface area contributed by atoms with E-state index in [0.29, 0.717) is 36.8 Å². The van der Waals surface area contributed by atoms with Gasteiger partial charge in [0.25, 0.3) is 11.7 Å². The lowest BCUT2D eigenvalue weighted by Crippen LogP contribution is -2.35. The number of amides is 1. The summed E-state index contributed by atoms with van der Waals surface area (Å²) in [5, 5.41) is 11.2. The Bertz CT molecular complexity index is 1030. The van der Waals surface area contributed by atoms with Crippen LogP contribution in [0, 0.1) is 0 Å². The molecule has 0 spiro atoms. The van der Waals surface area contributed by atoms with Crippen LogP contribution in [0.3, 0.4) is 0 Å². The third-order valence-corrected chi connectivity index (χ3v) is 5.31. The van der Waals surface area contributed by atoms with Crippen molar-refractivity contribution in [2.24, 2.45) is 0 Å². The Morgan fingerprint density at radius 3 is 2.39 bits per heavy atom. The number of benzene rings is 2. The van der Waals surface area contributed by atoms with Crippen LogP contribution in [0.5, 0.6) is 11.5 Å². The Morgan fingerprint density at radius 1 is 1.09 bits per heavy atom. The number of aliphatic hydroxyl groups is 1. The number of likely N-dealkylation sites (N-methyl/N-ethyl adjacent to an activating group) is 1. The third kappa shape index (κ3) is 5.54. The first-order valence-electron chi connectivity index (χ1n) is 11.2. The Hall–Kier alpha value is -3.32. The number of hydrogen-bond acceptors (Lipinski definition) is 6. The van der Waals surface area contributed by atoms with E-state index in [2.05, 4.69) is 0 Å². The van der Waals surface area contributed by atoms with Crippen LogP contribution < -0.4 is 9.47 Å². The highest BCUT2D eigenvalue weighted by molar-refractivity contribution is 6.46. The molecule has 1 aliphatic rings. The van der Waals surface area contributed by atoms with Crippen LogP contribution in [0.25, 0.3) is 5.76 Å². The molecule has 2 aromatic carbocycles. The maximum absolute atomic E-state index is 13.1. The molecule has 0 aliphatic carbocycles. The summed E-state index contributed by atoms with van der Waals surface area (Å²) in [6.45, 7) is 7.17. The molecule has 0 bridgehead atoms. The van der Waals surface area contributed by atoms with E-state index < -0.39 is 17.7 Å². The second-order valence-corrected chi connectivity index (χ2v) is 8.49. The molecular weight excluding hydrogens is 420 g/mol. The Balaban J connectivity index is 2.09. The second kappa shape index (κ2) is 10.5. The van der Waals surface area contributed by atoms with E-state index in [1.165, 1.54) is 4.90 Å². The molecule has 1 atom stereocenters. The van der Waals surface area contributed by atoms with E-state index in [-0.39, 0.29) is 17.4 Å². The van der Waals surface area contributed by atoms with Gasteiger partial charge in [0.05, 0.1) is 24.3 Å². The summed E-state index contributed by atoms with van der Waals surface area (Å²) in [7, 11) is 3.81. The lowest BCUT2D eigenvalue weighted by Gasteiger charge is -2.26. The fraction of sp³-hybridized carbons (Fsp3) is 0.385. The number of Topliss-reactive ketones (excluding diaryl/α,β-unsaturated/α-hetero) is 1. The van der Waals surface area contributed by atoms with Crippen molar-refractivity contribution in [2.75, 3.05) is 33.8 Å². The van der Waals surface area contributed by atoms with Crippen LogP contribution in [0.15, 0.2) is 54.1 Å². The van der Waals surface area contributed by atoms with Crippen molar-refractivity contribution in [1.29, 1.82) is 0 Å². The van der Waals surface area contributed by atoms with Gasteiger partial charge in [0, 0.05) is 18.7 Å². The third-order valence-electron chi connectivity index (χ3n) is 5.31. The van der Waals surface area contributed by atoms with Crippen molar-refractivity contribution in [2.45, 2.75) is 32.9 Å². The molecule has 33 heavy (non-hydrogen) atoms. The molecule has 3 rings (SSSR count). The van der Waals surface area contributed by atoms with Crippen molar-refractivity contribution < 1.29 is 24.2 Å². The summed E-state index contributed by atoms with van der Waals surface area (Å²) in [6.07, 6.45) is 0.0270. The van der Waals surface area contributed by atoms with Crippen molar-refractivity contribution in [3.63, 3.8) is 0 Å². The lowest BCUT2D eigenvalue weighted by atomic mass is 9.95. The van der Waals surface area contributed by atoms with Crippen molar-refractivity contribution in [3.8, 4) is 11.5 Å². The smallest absolute Gasteiger partial charge is 0.295 e. The quantitative estimate of drug-likeness (QED) is 0.354. The van der Waals surface area contributed by atoms with Gasteiger partial charge >= 0.3 is 0 Å². The molecule has 1 aliphatic heterocycles. The molecule has 1 unspecified atom stereocenters. The Labute approximate surface area is 195 Å². The average Bonchev–Trinajstić information content (AvgIpc) is 3.02. The standard InChI is InChI=1S/C26H32N2O5/c1-6-32-21-9-7-8-19(16-21)24(29)22-23(18-10-12-20(13-11-18)33-17(2)3)28(15-14-27(4)5)26(31)25(22)30/h7-13,16-17,23,29H,6,14-15H2,1-5H3/b24-22-. The number of ether oxygens (including phenoxy) is 2. The molecular formula is C26H32N2O5. The maximum Gasteiger partial charge on any atom is 0.295 e. The number of likely N-dealkylation sites (tertiary alicyclic amines) is 1. The molecule has 7 heteroatoms. The summed E-state index contributed by atoms with van der Waals surface area (Å²) < 4.78 is 11.3. The van der Waals surface area contributed by atoms with Crippen molar-refractivity contribution >= 4 is 17.4 Å². The van der Waals surface area contributed by atoms with Gasteiger partial charge in [-0.2, -0.15) is 0 Å². The second-order valence-electron chi connectivity index (χ2n) is 8.49. The summed E-state index contributed by atoms with van der Waals surface area (Å²) >= 11 is 0. The molecule has 0 saturated carbocycles. The van der Waals surface area contributed by atoms with Crippen LogP contribution in [0.4, 0.5) is 0 Å². The van der Waals surface area contributed by atoms with Gasteiger partial charge in [0.15, 0.2) is 0 Å². The number of hydrogen-bond donors (Lipinski definition) is 1. The normalized spacial score (nSPS) is 17.8. The van der Waals surface area contributed by atoms with E-state index >= 15 is 0 Å². The largest absolute Gasteiger partial charge is 0.507 e. The Kier molecular flexibility index (Phi) is 7.76. The molecule has 1 heterocycles.